The summed E-state index contributed by atoms with van der Waals surface area (Å²) in [7, 11) is 0. The highest BCUT2D eigenvalue weighted by atomic mass is 15.2. The summed E-state index contributed by atoms with van der Waals surface area (Å²) < 4.78 is 0. The molecule has 3 saturated carbocycles. The Morgan fingerprint density at radius 2 is 1.48 bits per heavy atom. The molecule has 5 aliphatic rings. The van der Waals surface area contributed by atoms with Crippen molar-refractivity contribution in [2.75, 3.05) is 13.1 Å². The Morgan fingerprint density at radius 1 is 0.697 bits per heavy atom. The van der Waals surface area contributed by atoms with Crippen LogP contribution in [0.1, 0.15) is 135 Å². The van der Waals surface area contributed by atoms with Crippen LogP contribution in [0, 0.1) is 35.5 Å². The standard InChI is InChI=1S/C32H55N/c1-25-9-8-12-28(15-13-25)29-16-17-31-30(24-29)20-22-33-21-19-27(14-18-32(31)33)23-26-10-6-4-2-3-5-7-11-26/h19,25-26,28-32H,2-18,20-24H2,1H3/t25?,28?,29?,30?,31-,32?/m0/s1. The minimum Gasteiger partial charge on any atom is -0.296 e. The minimum absolute atomic E-state index is 0.910. The Morgan fingerprint density at radius 3 is 2.33 bits per heavy atom. The SMILES string of the molecule is CC1CCCC(C2CC[C@H]3C(CCN4CC=C(CC5CCCCCCCC5)CCC34)C2)CC1. The normalized spacial score (nSPS) is 40.2. The van der Waals surface area contributed by atoms with Gasteiger partial charge in [0.05, 0.1) is 0 Å². The summed E-state index contributed by atoms with van der Waals surface area (Å²) in [5.41, 5.74) is 1.85. The van der Waals surface area contributed by atoms with Crippen LogP contribution in [-0.2, 0) is 0 Å². The average Bonchev–Trinajstić information content (AvgIpc) is 3.11. The van der Waals surface area contributed by atoms with Gasteiger partial charge in [-0.05, 0) is 93.4 Å². The minimum atomic E-state index is 0.910. The zero-order valence-corrected chi connectivity index (χ0v) is 22.1. The van der Waals surface area contributed by atoms with E-state index in [0.29, 0.717) is 0 Å². The second kappa shape index (κ2) is 12.1. The van der Waals surface area contributed by atoms with Gasteiger partial charge in [0.2, 0.25) is 0 Å². The third-order valence-electron chi connectivity index (χ3n) is 11.2. The quantitative estimate of drug-likeness (QED) is 0.304. The first-order chi connectivity index (χ1) is 16.3. The van der Waals surface area contributed by atoms with Crippen molar-refractivity contribution in [3.63, 3.8) is 0 Å². The lowest BCUT2D eigenvalue weighted by molar-refractivity contribution is 0.00207. The summed E-state index contributed by atoms with van der Waals surface area (Å²) in [5.74, 6) is 6.22. The molecule has 0 N–H and O–H groups in total. The van der Waals surface area contributed by atoms with E-state index in [0.717, 1.165) is 41.5 Å². The molecular formula is C32H55N. The van der Waals surface area contributed by atoms with Crippen molar-refractivity contribution in [2.24, 2.45) is 35.5 Å². The molecule has 4 fully saturated rings. The molecule has 6 atom stereocenters. The van der Waals surface area contributed by atoms with E-state index in [-0.39, 0.29) is 0 Å². The molecular weight excluding hydrogens is 398 g/mol. The largest absolute Gasteiger partial charge is 0.296 e. The van der Waals surface area contributed by atoms with Crippen molar-refractivity contribution in [1.29, 1.82) is 0 Å². The molecule has 0 bridgehead atoms. The summed E-state index contributed by atoms with van der Waals surface area (Å²) in [6.07, 6.45) is 32.9. The van der Waals surface area contributed by atoms with Crippen LogP contribution >= 0.6 is 0 Å². The molecule has 0 radical (unpaired) electrons. The van der Waals surface area contributed by atoms with Gasteiger partial charge >= 0.3 is 0 Å². The molecule has 5 unspecified atom stereocenters. The number of fused-ring (bicyclic) bond motifs is 3. The van der Waals surface area contributed by atoms with Gasteiger partial charge in [-0.25, -0.2) is 0 Å². The van der Waals surface area contributed by atoms with Crippen LogP contribution in [-0.4, -0.2) is 24.0 Å². The molecule has 0 amide bonds. The van der Waals surface area contributed by atoms with Crippen LogP contribution in [0.25, 0.3) is 0 Å². The van der Waals surface area contributed by atoms with E-state index in [1.165, 1.54) is 109 Å². The van der Waals surface area contributed by atoms with Gasteiger partial charge in [0, 0.05) is 12.6 Å². The van der Waals surface area contributed by atoms with Gasteiger partial charge in [0.15, 0.2) is 0 Å². The summed E-state index contributed by atoms with van der Waals surface area (Å²) in [6.45, 7) is 5.18. The molecule has 3 aliphatic carbocycles. The second-order valence-electron chi connectivity index (χ2n) is 13.4. The van der Waals surface area contributed by atoms with Crippen molar-refractivity contribution in [3.8, 4) is 0 Å². The van der Waals surface area contributed by atoms with Crippen molar-refractivity contribution < 1.29 is 0 Å². The molecule has 2 aliphatic heterocycles. The van der Waals surface area contributed by atoms with Gasteiger partial charge in [-0.2, -0.15) is 0 Å². The van der Waals surface area contributed by atoms with E-state index in [2.05, 4.69) is 17.9 Å². The molecule has 0 aromatic heterocycles. The summed E-state index contributed by atoms with van der Waals surface area (Å²) >= 11 is 0. The first-order valence-electron chi connectivity index (χ1n) is 15.7. The highest BCUT2D eigenvalue weighted by Gasteiger charge is 2.43. The number of hydrogen-bond donors (Lipinski definition) is 0. The monoisotopic (exact) mass is 453 g/mol. The molecule has 1 saturated heterocycles. The van der Waals surface area contributed by atoms with Crippen LogP contribution in [0.15, 0.2) is 11.6 Å². The molecule has 1 nitrogen and oxygen atoms in total. The molecule has 33 heavy (non-hydrogen) atoms. The fourth-order valence-corrected chi connectivity index (χ4v) is 9.13. The lowest BCUT2D eigenvalue weighted by Crippen LogP contribution is -2.50. The van der Waals surface area contributed by atoms with Gasteiger partial charge in [0.1, 0.15) is 0 Å². The lowest BCUT2D eigenvalue weighted by Gasteiger charge is -2.50. The Labute approximate surface area is 206 Å². The van der Waals surface area contributed by atoms with Gasteiger partial charge in [-0.3, -0.25) is 4.90 Å². The fourth-order valence-electron chi connectivity index (χ4n) is 9.13. The molecule has 2 heterocycles. The van der Waals surface area contributed by atoms with Crippen molar-refractivity contribution >= 4 is 0 Å². The van der Waals surface area contributed by atoms with Crippen LogP contribution in [0.3, 0.4) is 0 Å². The number of rotatable bonds is 3. The molecule has 0 spiro atoms. The molecule has 1 heteroatoms. The first-order valence-corrected chi connectivity index (χ1v) is 15.7. The topological polar surface area (TPSA) is 3.24 Å². The van der Waals surface area contributed by atoms with Crippen LogP contribution in [0.4, 0.5) is 0 Å². The second-order valence-corrected chi connectivity index (χ2v) is 13.4. The maximum Gasteiger partial charge on any atom is 0.0168 e. The summed E-state index contributed by atoms with van der Waals surface area (Å²) in [4.78, 5) is 2.94. The molecule has 188 valence electrons. The average molecular weight is 454 g/mol. The number of allylic oxidation sites excluding steroid dienone is 1. The maximum atomic E-state index is 2.94. The Balaban J connectivity index is 1.14. The van der Waals surface area contributed by atoms with Gasteiger partial charge in [-0.1, -0.05) is 95.6 Å². The first kappa shape index (κ1) is 24.4. The maximum absolute atomic E-state index is 2.94. The summed E-state index contributed by atoms with van der Waals surface area (Å²) in [6, 6.07) is 0.910. The number of nitrogens with zero attached hydrogens (tertiary/aromatic N) is 1. The molecule has 0 aromatic rings. The molecule has 0 aromatic carbocycles. The number of piperidine rings is 1. The highest BCUT2D eigenvalue weighted by molar-refractivity contribution is 5.10. The smallest absolute Gasteiger partial charge is 0.0168 e. The Bertz CT molecular complexity index is 612. The highest BCUT2D eigenvalue weighted by Crippen LogP contribution is 2.48. The third kappa shape index (κ3) is 6.48. The van der Waals surface area contributed by atoms with E-state index >= 15 is 0 Å². The van der Waals surface area contributed by atoms with E-state index in [9.17, 15) is 0 Å². The van der Waals surface area contributed by atoms with E-state index in [1.807, 2.05) is 5.57 Å². The van der Waals surface area contributed by atoms with E-state index in [4.69, 9.17) is 0 Å². The zero-order chi connectivity index (χ0) is 22.5. The third-order valence-corrected chi connectivity index (χ3v) is 11.2. The Hall–Kier alpha value is -0.300. The predicted molar refractivity (Wildman–Crippen MR) is 142 cm³/mol. The van der Waals surface area contributed by atoms with Crippen molar-refractivity contribution in [2.45, 2.75) is 141 Å². The van der Waals surface area contributed by atoms with Gasteiger partial charge < -0.3 is 0 Å². The van der Waals surface area contributed by atoms with E-state index < -0.39 is 0 Å². The van der Waals surface area contributed by atoms with Crippen molar-refractivity contribution in [1.82, 2.24) is 4.90 Å². The predicted octanol–water partition coefficient (Wildman–Crippen LogP) is 9.17. The fraction of sp³-hybridized carbons (Fsp3) is 0.938. The van der Waals surface area contributed by atoms with Crippen molar-refractivity contribution in [3.05, 3.63) is 11.6 Å². The Kier molecular flexibility index (Phi) is 8.94. The van der Waals surface area contributed by atoms with Gasteiger partial charge in [-0.15, -0.1) is 0 Å². The van der Waals surface area contributed by atoms with Crippen LogP contribution in [0.2, 0.25) is 0 Å². The van der Waals surface area contributed by atoms with Crippen LogP contribution in [0.5, 0.6) is 0 Å². The summed E-state index contributed by atoms with van der Waals surface area (Å²) in [5, 5.41) is 0. The lowest BCUT2D eigenvalue weighted by atomic mass is 9.63. The van der Waals surface area contributed by atoms with Gasteiger partial charge in [0.25, 0.3) is 0 Å². The number of hydrogen-bond acceptors (Lipinski definition) is 1. The molecule has 5 rings (SSSR count). The zero-order valence-electron chi connectivity index (χ0n) is 22.1. The van der Waals surface area contributed by atoms with E-state index in [1.54, 1.807) is 32.1 Å². The van der Waals surface area contributed by atoms with Crippen LogP contribution < -0.4 is 0 Å².